The molecule has 2 rings (SSSR count). The Bertz CT molecular complexity index is 676. The van der Waals surface area contributed by atoms with Crippen molar-refractivity contribution >= 4 is 21.4 Å². The molecule has 0 aliphatic heterocycles. The summed E-state index contributed by atoms with van der Waals surface area (Å²) < 4.78 is 24.0. The normalized spacial score (nSPS) is 11.8. The van der Waals surface area contributed by atoms with Crippen LogP contribution in [0.4, 0.5) is 0 Å². The predicted octanol–water partition coefficient (Wildman–Crippen LogP) is 3.87. The Labute approximate surface area is 118 Å². The zero-order valence-corrected chi connectivity index (χ0v) is 11.7. The molecule has 0 atom stereocenters. The fraction of sp³-hybridized carbons (Fsp3) is 0.0667. The molecule has 0 N–H and O–H groups in total. The first kappa shape index (κ1) is 13.8. The van der Waals surface area contributed by atoms with E-state index in [0.717, 1.165) is 5.56 Å². The van der Waals surface area contributed by atoms with Crippen molar-refractivity contribution in [1.29, 1.82) is 0 Å². The molecule has 0 saturated heterocycles. The van der Waals surface area contributed by atoms with Crippen molar-refractivity contribution in [3.63, 3.8) is 0 Å². The fourth-order valence-corrected chi connectivity index (χ4v) is 2.91. The van der Waals surface area contributed by atoms with Gasteiger partial charge in [0.25, 0.3) is 0 Å². The maximum Gasteiger partial charge on any atom is 0.199 e. The summed E-state index contributed by atoms with van der Waals surface area (Å²) in [5.74, 6) is 0. The van der Waals surface area contributed by atoms with Gasteiger partial charge in [0.1, 0.15) is 0 Å². The molecule has 0 aromatic heterocycles. The number of hydrogen-bond acceptors (Lipinski definition) is 2. The molecule has 0 saturated carbocycles. The maximum absolute atomic E-state index is 12.0. The molecule has 2 nitrogen and oxygen atoms in total. The molecule has 0 aliphatic rings. The van der Waals surface area contributed by atoms with E-state index in [1.165, 1.54) is 5.41 Å². The zero-order valence-electron chi connectivity index (χ0n) is 10.2. The van der Waals surface area contributed by atoms with E-state index in [2.05, 4.69) is 0 Å². The van der Waals surface area contributed by atoms with Crippen molar-refractivity contribution in [3.05, 3.63) is 76.7 Å². The highest BCUT2D eigenvalue weighted by atomic mass is 35.5. The summed E-state index contributed by atoms with van der Waals surface area (Å²) in [5.41, 5.74) is 0.906. The molecule has 0 fully saturated rings. The van der Waals surface area contributed by atoms with Gasteiger partial charge in [-0.3, -0.25) is 0 Å². The van der Waals surface area contributed by atoms with Gasteiger partial charge in [0.15, 0.2) is 9.84 Å². The first-order valence-electron chi connectivity index (χ1n) is 5.80. The van der Waals surface area contributed by atoms with Crippen molar-refractivity contribution in [3.8, 4) is 0 Å². The highest BCUT2D eigenvalue weighted by molar-refractivity contribution is 7.94. The van der Waals surface area contributed by atoms with Crippen LogP contribution in [0.3, 0.4) is 0 Å². The third-order valence-electron chi connectivity index (χ3n) is 2.64. The van der Waals surface area contributed by atoms with Crippen LogP contribution in [-0.2, 0) is 16.3 Å². The third-order valence-corrected chi connectivity index (χ3v) is 4.49. The molecule has 0 radical (unpaired) electrons. The van der Waals surface area contributed by atoms with E-state index in [4.69, 9.17) is 11.6 Å². The molecule has 0 amide bonds. The van der Waals surface area contributed by atoms with Crippen molar-refractivity contribution in [2.45, 2.75) is 11.3 Å². The second-order valence-electron chi connectivity index (χ2n) is 4.03. The Kier molecular flexibility index (Phi) is 4.40. The number of sulfone groups is 1. The van der Waals surface area contributed by atoms with Crippen molar-refractivity contribution in [2.75, 3.05) is 0 Å². The van der Waals surface area contributed by atoms with E-state index in [0.29, 0.717) is 16.3 Å². The van der Waals surface area contributed by atoms with E-state index < -0.39 is 9.84 Å². The SMILES string of the molecule is O=S(=O)(/C=C/Cc1ccccc1Cl)c1ccccc1. The molecule has 0 unspecified atom stereocenters. The van der Waals surface area contributed by atoms with Crippen LogP contribution < -0.4 is 0 Å². The van der Waals surface area contributed by atoms with E-state index in [-0.39, 0.29) is 0 Å². The average molecular weight is 293 g/mol. The topological polar surface area (TPSA) is 34.1 Å². The largest absolute Gasteiger partial charge is 0.219 e. The smallest absolute Gasteiger partial charge is 0.199 e. The summed E-state index contributed by atoms with van der Waals surface area (Å²) in [6.07, 6.45) is 2.11. The van der Waals surface area contributed by atoms with Gasteiger partial charge < -0.3 is 0 Å². The molecule has 0 heterocycles. The van der Waals surface area contributed by atoms with E-state index in [1.807, 2.05) is 18.2 Å². The number of hydrogen-bond donors (Lipinski definition) is 0. The molecular formula is C15H13ClO2S. The minimum atomic E-state index is -3.37. The highest BCUT2D eigenvalue weighted by Gasteiger charge is 2.08. The number of rotatable bonds is 4. The summed E-state index contributed by atoms with van der Waals surface area (Å²) >= 11 is 6.01. The molecule has 0 aliphatic carbocycles. The molecule has 0 spiro atoms. The lowest BCUT2D eigenvalue weighted by atomic mass is 10.1. The van der Waals surface area contributed by atoms with Crippen LogP contribution in [0.5, 0.6) is 0 Å². The van der Waals surface area contributed by atoms with Crippen molar-refractivity contribution < 1.29 is 8.42 Å². The maximum atomic E-state index is 12.0. The summed E-state index contributed by atoms with van der Waals surface area (Å²) in [4.78, 5) is 0.297. The van der Waals surface area contributed by atoms with Crippen molar-refractivity contribution in [1.82, 2.24) is 0 Å². The van der Waals surface area contributed by atoms with Gasteiger partial charge in [0.2, 0.25) is 0 Å². The van der Waals surface area contributed by atoms with E-state index in [9.17, 15) is 8.42 Å². The van der Waals surface area contributed by atoms with Gasteiger partial charge in [0.05, 0.1) is 4.90 Å². The molecule has 2 aromatic rings. The van der Waals surface area contributed by atoms with Crippen LogP contribution in [0.25, 0.3) is 0 Å². The first-order valence-corrected chi connectivity index (χ1v) is 7.72. The molecule has 98 valence electrons. The lowest BCUT2D eigenvalue weighted by Crippen LogP contribution is -1.95. The molecule has 0 bridgehead atoms. The number of benzene rings is 2. The quantitative estimate of drug-likeness (QED) is 0.857. The Morgan fingerprint density at radius 2 is 1.58 bits per heavy atom. The van der Waals surface area contributed by atoms with E-state index in [1.54, 1.807) is 42.5 Å². The standard InChI is InChI=1S/C15H13ClO2S/c16-15-11-5-4-7-13(15)8-6-12-19(17,18)14-9-2-1-3-10-14/h1-7,9-12H,8H2/b12-6+. The minimum absolute atomic E-state index is 0.297. The minimum Gasteiger partial charge on any atom is -0.219 e. The first-order chi connectivity index (χ1) is 9.09. The second kappa shape index (κ2) is 6.04. The van der Waals surface area contributed by atoms with Gasteiger partial charge >= 0.3 is 0 Å². The second-order valence-corrected chi connectivity index (χ2v) is 6.27. The van der Waals surface area contributed by atoms with Gasteiger partial charge in [-0.15, -0.1) is 0 Å². The Balaban J connectivity index is 2.14. The Morgan fingerprint density at radius 1 is 0.947 bits per heavy atom. The van der Waals surface area contributed by atoms with Crippen LogP contribution in [0.15, 0.2) is 71.0 Å². The van der Waals surface area contributed by atoms with Crippen LogP contribution in [0, 0.1) is 0 Å². The number of allylic oxidation sites excluding steroid dienone is 1. The fourth-order valence-electron chi connectivity index (χ4n) is 1.65. The number of halogens is 1. The monoisotopic (exact) mass is 292 g/mol. The van der Waals surface area contributed by atoms with Gasteiger partial charge in [-0.05, 0) is 30.2 Å². The third kappa shape index (κ3) is 3.69. The van der Waals surface area contributed by atoms with Gasteiger partial charge in [-0.2, -0.15) is 0 Å². The average Bonchev–Trinajstić information content (AvgIpc) is 2.42. The van der Waals surface area contributed by atoms with Crippen LogP contribution >= 0.6 is 11.6 Å². The lowest BCUT2D eigenvalue weighted by molar-refractivity contribution is 0.604. The van der Waals surface area contributed by atoms with Crippen LogP contribution in [-0.4, -0.2) is 8.42 Å². The molecule has 4 heteroatoms. The molecule has 2 aromatic carbocycles. The van der Waals surface area contributed by atoms with Gasteiger partial charge in [-0.1, -0.05) is 54.1 Å². The van der Waals surface area contributed by atoms with Crippen molar-refractivity contribution in [2.24, 2.45) is 0 Å². The zero-order chi connectivity index (χ0) is 13.7. The van der Waals surface area contributed by atoms with Gasteiger partial charge in [-0.25, -0.2) is 8.42 Å². The highest BCUT2D eigenvalue weighted by Crippen LogP contribution is 2.17. The Morgan fingerprint density at radius 3 is 2.26 bits per heavy atom. The van der Waals surface area contributed by atoms with E-state index >= 15 is 0 Å². The molecule has 19 heavy (non-hydrogen) atoms. The van der Waals surface area contributed by atoms with Crippen LogP contribution in [0.2, 0.25) is 5.02 Å². The summed E-state index contributed by atoms with van der Waals surface area (Å²) in [7, 11) is -3.37. The van der Waals surface area contributed by atoms with Crippen LogP contribution in [0.1, 0.15) is 5.56 Å². The summed E-state index contributed by atoms with van der Waals surface area (Å²) in [5, 5.41) is 1.87. The molecular weight excluding hydrogens is 280 g/mol. The summed E-state index contributed by atoms with van der Waals surface area (Å²) in [6, 6.07) is 15.7. The lowest BCUT2D eigenvalue weighted by Gasteiger charge is -2.00. The predicted molar refractivity (Wildman–Crippen MR) is 77.9 cm³/mol. The van der Waals surface area contributed by atoms with Gasteiger partial charge in [0, 0.05) is 10.4 Å². The summed E-state index contributed by atoms with van der Waals surface area (Å²) in [6.45, 7) is 0. The Hall–Kier alpha value is -1.58.